The molecular formula is C16H17BrN2O2S. The maximum Gasteiger partial charge on any atom is 0.264 e. The molecule has 116 valence electrons. The highest BCUT2D eigenvalue weighted by molar-refractivity contribution is 9.10. The van der Waals surface area contributed by atoms with Crippen LogP contribution in [-0.4, -0.2) is 15.0 Å². The summed E-state index contributed by atoms with van der Waals surface area (Å²) in [5.41, 5.74) is 8.02. The third-order valence-electron chi connectivity index (χ3n) is 3.82. The molecule has 1 heterocycles. The van der Waals surface area contributed by atoms with E-state index in [9.17, 15) is 8.42 Å². The first-order chi connectivity index (χ1) is 10.5. The van der Waals surface area contributed by atoms with E-state index in [-0.39, 0.29) is 4.90 Å². The minimum atomic E-state index is -3.61. The van der Waals surface area contributed by atoms with E-state index in [1.807, 2.05) is 18.2 Å². The quantitative estimate of drug-likeness (QED) is 0.809. The lowest BCUT2D eigenvalue weighted by molar-refractivity contribution is 0.589. The minimum absolute atomic E-state index is 0.236. The van der Waals surface area contributed by atoms with Gasteiger partial charge in [-0.05, 0) is 55.2 Å². The van der Waals surface area contributed by atoms with Crippen molar-refractivity contribution in [3.63, 3.8) is 0 Å². The van der Waals surface area contributed by atoms with Gasteiger partial charge >= 0.3 is 0 Å². The summed E-state index contributed by atoms with van der Waals surface area (Å²) in [5.74, 6) is 0. The van der Waals surface area contributed by atoms with Crippen LogP contribution in [0.1, 0.15) is 18.4 Å². The Morgan fingerprint density at radius 2 is 1.91 bits per heavy atom. The van der Waals surface area contributed by atoms with Gasteiger partial charge in [0.25, 0.3) is 10.0 Å². The Morgan fingerprint density at radius 3 is 2.68 bits per heavy atom. The second kappa shape index (κ2) is 5.93. The third-order valence-corrected chi connectivity index (χ3v) is 6.12. The first-order valence-electron chi connectivity index (χ1n) is 7.15. The van der Waals surface area contributed by atoms with Crippen molar-refractivity contribution in [1.82, 2.24) is 0 Å². The second-order valence-corrected chi connectivity index (χ2v) is 8.16. The zero-order valence-electron chi connectivity index (χ0n) is 12.0. The Bertz CT molecular complexity index is 806. The molecule has 0 aromatic heterocycles. The molecule has 0 fully saturated rings. The van der Waals surface area contributed by atoms with Gasteiger partial charge in [-0.3, -0.25) is 4.31 Å². The molecule has 2 N–H and O–H groups in total. The number of sulfonamides is 1. The van der Waals surface area contributed by atoms with Crippen molar-refractivity contribution in [2.75, 3.05) is 16.6 Å². The topological polar surface area (TPSA) is 63.4 Å². The molecule has 2 aromatic carbocycles. The average molecular weight is 381 g/mol. The highest BCUT2D eigenvalue weighted by Crippen LogP contribution is 2.33. The van der Waals surface area contributed by atoms with Crippen LogP contribution in [0, 0.1) is 0 Å². The van der Waals surface area contributed by atoms with Gasteiger partial charge in [-0.1, -0.05) is 28.1 Å². The summed E-state index contributed by atoms with van der Waals surface area (Å²) in [6, 6.07) is 12.3. The van der Waals surface area contributed by atoms with Gasteiger partial charge in [-0.25, -0.2) is 8.42 Å². The van der Waals surface area contributed by atoms with Crippen LogP contribution in [0.2, 0.25) is 0 Å². The number of aryl methyl sites for hydroxylation is 1. The lowest BCUT2D eigenvalue weighted by atomic mass is 10.1. The highest BCUT2D eigenvalue weighted by Gasteiger charge is 2.28. The van der Waals surface area contributed by atoms with Gasteiger partial charge in [-0.15, -0.1) is 0 Å². The number of anilines is 2. The zero-order valence-corrected chi connectivity index (χ0v) is 14.4. The van der Waals surface area contributed by atoms with Crippen LogP contribution in [0.5, 0.6) is 0 Å². The monoisotopic (exact) mass is 380 g/mol. The SMILES string of the molecule is Nc1cccc(S(=O)(=O)N2CCCCc3ccc(Br)cc32)c1. The van der Waals surface area contributed by atoms with Crippen molar-refractivity contribution in [3.8, 4) is 0 Å². The van der Waals surface area contributed by atoms with Crippen molar-refractivity contribution in [3.05, 3.63) is 52.5 Å². The molecule has 0 bridgehead atoms. The third kappa shape index (κ3) is 2.85. The summed E-state index contributed by atoms with van der Waals surface area (Å²) in [6.45, 7) is 0.487. The van der Waals surface area contributed by atoms with Crippen molar-refractivity contribution in [2.24, 2.45) is 0 Å². The molecule has 3 rings (SSSR count). The van der Waals surface area contributed by atoms with E-state index < -0.39 is 10.0 Å². The molecule has 0 atom stereocenters. The van der Waals surface area contributed by atoms with Gasteiger partial charge in [0.1, 0.15) is 0 Å². The van der Waals surface area contributed by atoms with E-state index in [4.69, 9.17) is 5.73 Å². The molecule has 0 radical (unpaired) electrons. The smallest absolute Gasteiger partial charge is 0.264 e. The molecule has 6 heteroatoms. The molecule has 2 aromatic rings. The second-order valence-electron chi connectivity index (χ2n) is 5.38. The fourth-order valence-corrected chi connectivity index (χ4v) is 4.66. The Labute approximate surface area is 139 Å². The molecule has 0 saturated carbocycles. The normalized spacial score (nSPS) is 15.2. The van der Waals surface area contributed by atoms with Gasteiger partial charge in [0.15, 0.2) is 0 Å². The van der Waals surface area contributed by atoms with Gasteiger partial charge < -0.3 is 5.73 Å². The molecule has 0 amide bonds. The minimum Gasteiger partial charge on any atom is -0.399 e. The Kier molecular flexibility index (Phi) is 4.14. The fraction of sp³-hybridized carbons (Fsp3) is 0.250. The summed E-state index contributed by atoms with van der Waals surface area (Å²) < 4.78 is 28.4. The highest BCUT2D eigenvalue weighted by atomic mass is 79.9. The summed E-state index contributed by atoms with van der Waals surface area (Å²) in [6.07, 6.45) is 2.72. The number of nitrogens with two attached hydrogens (primary N) is 1. The number of halogens is 1. The predicted molar refractivity (Wildman–Crippen MR) is 92.5 cm³/mol. The maximum absolute atomic E-state index is 13.0. The first kappa shape index (κ1) is 15.4. The predicted octanol–water partition coefficient (Wildman–Crippen LogP) is 3.56. The Morgan fingerprint density at radius 1 is 1.09 bits per heavy atom. The van der Waals surface area contributed by atoms with Crippen molar-refractivity contribution in [2.45, 2.75) is 24.2 Å². The number of hydrogen-bond donors (Lipinski definition) is 1. The molecule has 0 unspecified atom stereocenters. The van der Waals surface area contributed by atoms with Crippen LogP contribution in [0.15, 0.2) is 51.8 Å². The number of nitrogen functional groups attached to an aromatic ring is 1. The maximum atomic E-state index is 13.0. The molecule has 1 aliphatic rings. The molecule has 4 nitrogen and oxygen atoms in total. The molecule has 0 spiro atoms. The van der Waals surface area contributed by atoms with E-state index in [2.05, 4.69) is 15.9 Å². The van der Waals surface area contributed by atoms with Crippen LogP contribution in [-0.2, 0) is 16.4 Å². The average Bonchev–Trinajstić information content (AvgIpc) is 2.69. The van der Waals surface area contributed by atoms with Crippen LogP contribution < -0.4 is 10.0 Å². The van der Waals surface area contributed by atoms with E-state index in [0.717, 1.165) is 35.0 Å². The van der Waals surface area contributed by atoms with Gasteiger partial charge in [0.05, 0.1) is 10.6 Å². The summed E-state index contributed by atoms with van der Waals surface area (Å²) >= 11 is 3.44. The van der Waals surface area contributed by atoms with Crippen LogP contribution in [0.4, 0.5) is 11.4 Å². The standard InChI is InChI=1S/C16H17BrN2O2S/c17-13-8-7-12-4-1-2-9-19(16(12)10-13)22(20,21)15-6-3-5-14(18)11-15/h3,5-8,10-11H,1-2,4,9,18H2. The molecule has 22 heavy (non-hydrogen) atoms. The number of fused-ring (bicyclic) bond motifs is 1. The zero-order chi connectivity index (χ0) is 15.7. The van der Waals surface area contributed by atoms with E-state index in [1.165, 1.54) is 10.4 Å². The molecular weight excluding hydrogens is 364 g/mol. The summed E-state index contributed by atoms with van der Waals surface area (Å²) in [5, 5.41) is 0. The molecule has 1 aliphatic heterocycles. The van der Waals surface area contributed by atoms with E-state index in [1.54, 1.807) is 18.2 Å². The van der Waals surface area contributed by atoms with E-state index in [0.29, 0.717) is 12.2 Å². The summed E-state index contributed by atoms with van der Waals surface area (Å²) in [4.78, 5) is 0.236. The lowest BCUT2D eigenvalue weighted by Crippen LogP contribution is -2.32. The first-order valence-corrected chi connectivity index (χ1v) is 9.38. The number of hydrogen-bond acceptors (Lipinski definition) is 3. The molecule has 0 saturated heterocycles. The number of benzene rings is 2. The van der Waals surface area contributed by atoms with Crippen LogP contribution >= 0.6 is 15.9 Å². The lowest BCUT2D eigenvalue weighted by Gasteiger charge is -2.25. The van der Waals surface area contributed by atoms with Gasteiger partial charge in [-0.2, -0.15) is 0 Å². The fourth-order valence-electron chi connectivity index (χ4n) is 2.72. The van der Waals surface area contributed by atoms with Crippen molar-refractivity contribution in [1.29, 1.82) is 0 Å². The number of nitrogens with zero attached hydrogens (tertiary/aromatic N) is 1. The summed E-state index contributed by atoms with van der Waals surface area (Å²) in [7, 11) is -3.61. The van der Waals surface area contributed by atoms with Crippen molar-refractivity contribution < 1.29 is 8.42 Å². The molecule has 0 aliphatic carbocycles. The Hall–Kier alpha value is -1.53. The van der Waals surface area contributed by atoms with Crippen molar-refractivity contribution >= 4 is 37.3 Å². The van der Waals surface area contributed by atoms with Crippen LogP contribution in [0.3, 0.4) is 0 Å². The van der Waals surface area contributed by atoms with Crippen LogP contribution in [0.25, 0.3) is 0 Å². The van der Waals surface area contributed by atoms with Gasteiger partial charge in [0, 0.05) is 16.7 Å². The number of rotatable bonds is 2. The van der Waals surface area contributed by atoms with E-state index >= 15 is 0 Å². The Balaban J connectivity index is 2.13. The largest absolute Gasteiger partial charge is 0.399 e. The van der Waals surface area contributed by atoms with Gasteiger partial charge in [0.2, 0.25) is 0 Å².